The SMILES string of the molecule is O=C(O)C[C@@H](NC(=O)OCc1ccccc1)c1ccccc1. The number of carboxylic acids is 1. The molecule has 0 bridgehead atoms. The van der Waals surface area contributed by atoms with Crippen LogP contribution in [0.2, 0.25) is 0 Å². The first kappa shape index (κ1) is 15.6. The molecule has 0 heterocycles. The highest BCUT2D eigenvalue weighted by Gasteiger charge is 2.18. The molecule has 0 unspecified atom stereocenters. The molecule has 0 aliphatic carbocycles. The van der Waals surface area contributed by atoms with Gasteiger partial charge in [-0.2, -0.15) is 0 Å². The highest BCUT2D eigenvalue weighted by molar-refractivity contribution is 5.72. The molecule has 0 saturated carbocycles. The molecule has 0 saturated heterocycles. The Morgan fingerprint density at radius 2 is 1.59 bits per heavy atom. The molecule has 2 N–H and O–H groups in total. The number of carbonyl (C=O) groups excluding carboxylic acids is 1. The van der Waals surface area contributed by atoms with Gasteiger partial charge < -0.3 is 15.2 Å². The first-order valence-electron chi connectivity index (χ1n) is 6.89. The smallest absolute Gasteiger partial charge is 0.407 e. The zero-order valence-corrected chi connectivity index (χ0v) is 11.9. The number of hydrogen-bond donors (Lipinski definition) is 2. The van der Waals surface area contributed by atoms with Crippen molar-refractivity contribution in [3.8, 4) is 0 Å². The summed E-state index contributed by atoms with van der Waals surface area (Å²) in [7, 11) is 0. The van der Waals surface area contributed by atoms with Crippen LogP contribution in [0.5, 0.6) is 0 Å². The number of carbonyl (C=O) groups is 2. The second-order valence-corrected chi connectivity index (χ2v) is 4.77. The van der Waals surface area contributed by atoms with E-state index >= 15 is 0 Å². The van der Waals surface area contributed by atoms with Gasteiger partial charge in [-0.3, -0.25) is 4.79 Å². The van der Waals surface area contributed by atoms with Gasteiger partial charge in [-0.05, 0) is 11.1 Å². The summed E-state index contributed by atoms with van der Waals surface area (Å²) in [6, 6.07) is 17.6. The van der Waals surface area contributed by atoms with Crippen LogP contribution < -0.4 is 5.32 Å². The number of nitrogens with one attached hydrogen (secondary N) is 1. The Balaban J connectivity index is 1.95. The minimum Gasteiger partial charge on any atom is -0.481 e. The molecule has 2 rings (SSSR count). The van der Waals surface area contributed by atoms with Gasteiger partial charge in [0.1, 0.15) is 6.61 Å². The molecule has 2 aromatic carbocycles. The van der Waals surface area contributed by atoms with Crippen LogP contribution in [0.4, 0.5) is 4.79 Å². The Kier molecular flexibility index (Phi) is 5.54. The van der Waals surface area contributed by atoms with Gasteiger partial charge in [-0.1, -0.05) is 60.7 Å². The fourth-order valence-electron chi connectivity index (χ4n) is 2.02. The molecule has 5 heteroatoms. The minimum absolute atomic E-state index is 0.140. The van der Waals surface area contributed by atoms with E-state index in [0.717, 1.165) is 11.1 Å². The van der Waals surface area contributed by atoms with Crippen LogP contribution in [-0.2, 0) is 16.1 Å². The van der Waals surface area contributed by atoms with Crippen molar-refractivity contribution < 1.29 is 19.4 Å². The fourth-order valence-corrected chi connectivity index (χ4v) is 2.02. The third kappa shape index (κ3) is 4.94. The van der Waals surface area contributed by atoms with Gasteiger partial charge in [-0.25, -0.2) is 4.79 Å². The molecule has 1 amide bonds. The normalized spacial score (nSPS) is 11.5. The lowest BCUT2D eigenvalue weighted by molar-refractivity contribution is -0.137. The Labute approximate surface area is 128 Å². The summed E-state index contributed by atoms with van der Waals surface area (Å²) in [5, 5.41) is 11.6. The number of benzene rings is 2. The average molecular weight is 299 g/mol. The van der Waals surface area contributed by atoms with Gasteiger partial charge in [-0.15, -0.1) is 0 Å². The van der Waals surface area contributed by atoms with Crippen molar-refractivity contribution in [2.24, 2.45) is 0 Å². The van der Waals surface area contributed by atoms with Crippen LogP contribution in [0, 0.1) is 0 Å². The number of alkyl carbamates (subject to hydrolysis) is 1. The van der Waals surface area contributed by atoms with Crippen LogP contribution in [0.25, 0.3) is 0 Å². The van der Waals surface area contributed by atoms with Gasteiger partial charge in [0.25, 0.3) is 0 Å². The Morgan fingerprint density at radius 3 is 2.18 bits per heavy atom. The molecule has 1 atom stereocenters. The van der Waals surface area contributed by atoms with E-state index in [1.165, 1.54) is 0 Å². The fraction of sp³-hybridized carbons (Fsp3) is 0.176. The summed E-state index contributed by atoms with van der Waals surface area (Å²) in [6.07, 6.45) is -0.844. The molecule has 5 nitrogen and oxygen atoms in total. The molecule has 0 aromatic heterocycles. The number of rotatable bonds is 6. The molecule has 0 aliphatic rings. The molecule has 2 aromatic rings. The van der Waals surface area contributed by atoms with E-state index in [1.807, 2.05) is 36.4 Å². The monoisotopic (exact) mass is 299 g/mol. The summed E-state index contributed by atoms with van der Waals surface area (Å²) >= 11 is 0. The zero-order valence-electron chi connectivity index (χ0n) is 11.9. The van der Waals surface area contributed by atoms with E-state index < -0.39 is 18.1 Å². The van der Waals surface area contributed by atoms with Crippen molar-refractivity contribution in [3.63, 3.8) is 0 Å². The summed E-state index contributed by atoms with van der Waals surface area (Å²) in [5.41, 5.74) is 1.59. The number of aliphatic carboxylic acids is 1. The van der Waals surface area contributed by atoms with Gasteiger partial charge in [0.05, 0.1) is 12.5 Å². The average Bonchev–Trinajstić information content (AvgIpc) is 2.54. The lowest BCUT2D eigenvalue weighted by atomic mass is 10.0. The Hall–Kier alpha value is -2.82. The van der Waals surface area contributed by atoms with Crippen molar-refractivity contribution in [2.75, 3.05) is 0 Å². The van der Waals surface area contributed by atoms with E-state index in [0.29, 0.717) is 0 Å². The third-order valence-electron chi connectivity index (χ3n) is 3.09. The maximum Gasteiger partial charge on any atom is 0.407 e. The van der Waals surface area contributed by atoms with E-state index in [2.05, 4.69) is 5.32 Å². The van der Waals surface area contributed by atoms with E-state index in [9.17, 15) is 9.59 Å². The predicted molar refractivity (Wildman–Crippen MR) is 81.2 cm³/mol. The molecular weight excluding hydrogens is 282 g/mol. The van der Waals surface area contributed by atoms with E-state index in [4.69, 9.17) is 9.84 Å². The standard InChI is InChI=1S/C17H17NO4/c19-16(20)11-15(14-9-5-2-6-10-14)18-17(21)22-12-13-7-3-1-4-8-13/h1-10,15H,11-12H2,(H,18,21)(H,19,20)/t15-/m1/s1. The van der Waals surface area contributed by atoms with Crippen molar-refractivity contribution in [2.45, 2.75) is 19.1 Å². The molecule has 0 aliphatic heterocycles. The van der Waals surface area contributed by atoms with Crippen LogP contribution in [-0.4, -0.2) is 17.2 Å². The van der Waals surface area contributed by atoms with Crippen LogP contribution in [0.3, 0.4) is 0 Å². The second-order valence-electron chi connectivity index (χ2n) is 4.77. The largest absolute Gasteiger partial charge is 0.481 e. The van der Waals surface area contributed by atoms with Gasteiger partial charge in [0.2, 0.25) is 0 Å². The van der Waals surface area contributed by atoms with Crippen molar-refractivity contribution in [1.82, 2.24) is 5.32 Å². The molecule has 0 spiro atoms. The van der Waals surface area contributed by atoms with Crippen LogP contribution >= 0.6 is 0 Å². The zero-order chi connectivity index (χ0) is 15.8. The summed E-state index contributed by atoms with van der Waals surface area (Å²) in [5.74, 6) is -0.989. The quantitative estimate of drug-likeness (QED) is 0.859. The van der Waals surface area contributed by atoms with E-state index in [1.54, 1.807) is 24.3 Å². The van der Waals surface area contributed by atoms with Crippen LogP contribution in [0.1, 0.15) is 23.6 Å². The van der Waals surface area contributed by atoms with Crippen LogP contribution in [0.15, 0.2) is 60.7 Å². The molecule has 0 radical (unpaired) electrons. The minimum atomic E-state index is -0.989. The molecule has 0 fully saturated rings. The van der Waals surface area contributed by atoms with Gasteiger partial charge in [0, 0.05) is 0 Å². The number of hydrogen-bond acceptors (Lipinski definition) is 3. The molecule has 114 valence electrons. The maximum atomic E-state index is 11.9. The first-order chi connectivity index (χ1) is 10.6. The number of amides is 1. The second kappa shape index (κ2) is 7.83. The highest BCUT2D eigenvalue weighted by atomic mass is 16.5. The molecular formula is C17H17NO4. The summed E-state index contributed by atoms with van der Waals surface area (Å²) < 4.78 is 5.12. The summed E-state index contributed by atoms with van der Waals surface area (Å²) in [6.45, 7) is 0.140. The van der Waals surface area contributed by atoms with Gasteiger partial charge >= 0.3 is 12.1 Å². The third-order valence-corrected chi connectivity index (χ3v) is 3.09. The predicted octanol–water partition coefficient (Wildman–Crippen LogP) is 3.13. The number of carboxylic acid groups (broad SMARTS) is 1. The topological polar surface area (TPSA) is 75.6 Å². The lowest BCUT2D eigenvalue weighted by Crippen LogP contribution is -2.30. The van der Waals surface area contributed by atoms with E-state index in [-0.39, 0.29) is 13.0 Å². The maximum absolute atomic E-state index is 11.9. The summed E-state index contributed by atoms with van der Waals surface area (Å²) in [4.78, 5) is 22.8. The van der Waals surface area contributed by atoms with Crippen molar-refractivity contribution in [1.29, 1.82) is 0 Å². The Morgan fingerprint density at radius 1 is 1.00 bits per heavy atom. The van der Waals surface area contributed by atoms with Crippen molar-refractivity contribution in [3.05, 3.63) is 71.8 Å². The van der Waals surface area contributed by atoms with Crippen molar-refractivity contribution >= 4 is 12.1 Å². The number of ether oxygens (including phenoxy) is 1. The Bertz CT molecular complexity index is 613. The first-order valence-corrected chi connectivity index (χ1v) is 6.89. The lowest BCUT2D eigenvalue weighted by Gasteiger charge is -2.17. The highest BCUT2D eigenvalue weighted by Crippen LogP contribution is 2.16. The van der Waals surface area contributed by atoms with Gasteiger partial charge in [0.15, 0.2) is 0 Å². The molecule has 22 heavy (non-hydrogen) atoms.